The fourth-order valence-electron chi connectivity index (χ4n) is 6.04. The van der Waals surface area contributed by atoms with Crippen molar-refractivity contribution in [3.8, 4) is 0 Å². The van der Waals surface area contributed by atoms with Crippen molar-refractivity contribution in [1.29, 1.82) is 0 Å². The quantitative estimate of drug-likeness (QED) is 0.427. The summed E-state index contributed by atoms with van der Waals surface area (Å²) in [7, 11) is 0. The van der Waals surface area contributed by atoms with Crippen molar-refractivity contribution in [2.24, 2.45) is 0 Å². The number of hydrogen-bond donors (Lipinski definition) is 0. The molecule has 0 aliphatic carbocycles. The predicted molar refractivity (Wildman–Crippen MR) is 91.8 cm³/mol. The first-order valence-electron chi connectivity index (χ1n) is 7.06. The molecule has 0 saturated carbocycles. The molecule has 0 bridgehead atoms. The maximum absolute atomic E-state index is 7.83. The van der Waals surface area contributed by atoms with Gasteiger partial charge in [0, 0.05) is 0 Å². The zero-order valence-corrected chi connectivity index (χ0v) is 16.5. The molecular weight excluding hydrogens is 259 g/mol. The Morgan fingerprint density at radius 2 is 0.556 bits per heavy atom. The van der Waals surface area contributed by atoms with Crippen LogP contribution in [0.5, 0.6) is 0 Å². The average molecular weight is 295 g/mol. The molecule has 112 valence electrons. The fraction of sp³-hybridized carbons (Fsp3) is 1.00. The van der Waals surface area contributed by atoms with Crippen LogP contribution in [0.2, 0.25) is 0 Å². The first-order valence-corrected chi connectivity index (χ1v) is 10.2. The van der Waals surface area contributed by atoms with Gasteiger partial charge < -0.3 is 0 Å². The van der Waals surface area contributed by atoms with Crippen molar-refractivity contribution < 1.29 is 0 Å². The van der Waals surface area contributed by atoms with Crippen molar-refractivity contribution in [1.82, 2.24) is 0 Å². The third-order valence-electron chi connectivity index (χ3n) is 5.04. The predicted octanol–water partition coefficient (Wildman–Crippen LogP) is 6.89. The molecule has 0 nitrogen and oxygen atoms in total. The molecule has 0 fully saturated rings. The Hall–Kier alpha value is 0.720. The third-order valence-corrected chi connectivity index (χ3v) is 21.2. The Morgan fingerprint density at radius 1 is 0.444 bits per heavy atom. The molecule has 0 unspecified atom stereocenters. The topological polar surface area (TPSA) is 0 Å². The molecule has 0 radical (unpaired) electrons. The van der Waals surface area contributed by atoms with Crippen LogP contribution in [-0.4, -0.2) is 20.6 Å². The second-order valence-electron chi connectivity index (χ2n) is 9.69. The van der Waals surface area contributed by atoms with Gasteiger partial charge in [0.05, 0.1) is 0 Å². The van der Waals surface area contributed by atoms with E-state index in [9.17, 15) is 0 Å². The molecule has 0 saturated heterocycles. The Labute approximate surface area is 121 Å². The normalized spacial score (nSPS) is 18.4. The summed E-state index contributed by atoms with van der Waals surface area (Å²) in [6, 6.07) is 0. The van der Waals surface area contributed by atoms with E-state index in [2.05, 4.69) is 83.1 Å². The van der Waals surface area contributed by atoms with Gasteiger partial charge in [0.1, 0.15) is 0 Å². The zero-order valence-electron chi connectivity index (χ0n) is 14.8. The molecular formula is C16H36ClP. The van der Waals surface area contributed by atoms with Gasteiger partial charge in [-0.05, 0) is 0 Å². The van der Waals surface area contributed by atoms with Crippen molar-refractivity contribution in [2.75, 3.05) is 0 Å². The third kappa shape index (κ3) is 1.74. The van der Waals surface area contributed by atoms with E-state index in [0.29, 0.717) is 0 Å². The molecule has 0 rings (SSSR count). The molecule has 18 heavy (non-hydrogen) atoms. The van der Waals surface area contributed by atoms with E-state index >= 15 is 0 Å². The average Bonchev–Trinajstić information content (AvgIpc) is 1.92. The first kappa shape index (κ1) is 18.7. The summed E-state index contributed by atoms with van der Waals surface area (Å²) in [4.78, 5) is 0. The molecule has 0 aromatic carbocycles. The van der Waals surface area contributed by atoms with E-state index in [1.54, 1.807) is 0 Å². The summed E-state index contributed by atoms with van der Waals surface area (Å²) < 4.78 is 0. The fourth-order valence-corrected chi connectivity index (χ4v) is 18.1. The Bertz CT molecular complexity index is 247. The molecule has 0 atom stereocenters. The van der Waals surface area contributed by atoms with Crippen molar-refractivity contribution in [2.45, 2.75) is 104 Å². The molecule has 0 amide bonds. The molecule has 0 aliphatic rings. The number of rotatable bonds is 0. The van der Waals surface area contributed by atoms with Crippen LogP contribution >= 0.6 is 17.2 Å². The van der Waals surface area contributed by atoms with Gasteiger partial charge in [0.15, 0.2) is 0 Å². The van der Waals surface area contributed by atoms with E-state index in [-0.39, 0.29) is 20.6 Å². The van der Waals surface area contributed by atoms with Crippen LogP contribution in [0.1, 0.15) is 83.1 Å². The Morgan fingerprint density at radius 3 is 0.556 bits per heavy atom. The van der Waals surface area contributed by atoms with E-state index in [0.717, 1.165) is 0 Å². The van der Waals surface area contributed by atoms with Gasteiger partial charge in [-0.1, -0.05) is 0 Å². The van der Waals surface area contributed by atoms with Crippen LogP contribution in [0, 0.1) is 0 Å². The summed E-state index contributed by atoms with van der Waals surface area (Å²) in [6.45, 7) is 28.2. The second kappa shape index (κ2) is 4.11. The molecule has 0 aromatic heterocycles. The van der Waals surface area contributed by atoms with Gasteiger partial charge >= 0.3 is 121 Å². The van der Waals surface area contributed by atoms with Crippen LogP contribution < -0.4 is 0 Å². The molecule has 2 heteroatoms. The van der Waals surface area contributed by atoms with Gasteiger partial charge in [-0.2, -0.15) is 0 Å². The van der Waals surface area contributed by atoms with Gasteiger partial charge in [-0.15, -0.1) is 0 Å². The monoisotopic (exact) mass is 294 g/mol. The summed E-state index contributed by atoms with van der Waals surface area (Å²) >= 11 is 7.83. The molecule has 0 aliphatic heterocycles. The van der Waals surface area contributed by atoms with Crippen LogP contribution in [0.3, 0.4) is 0 Å². The molecule has 0 aromatic rings. The van der Waals surface area contributed by atoms with Crippen molar-refractivity contribution in [3.05, 3.63) is 0 Å². The van der Waals surface area contributed by atoms with Gasteiger partial charge in [0.25, 0.3) is 0 Å². The minimum atomic E-state index is -2.64. The molecule has 0 N–H and O–H groups in total. The van der Waals surface area contributed by atoms with Crippen molar-refractivity contribution in [3.63, 3.8) is 0 Å². The number of halogens is 1. The maximum atomic E-state index is 7.83. The standard InChI is InChI=1S/C16H36ClP/c1-13(2,3)18(17,14(4,5)6,15(7,8)9)16(10,11)12/h1-12H3. The summed E-state index contributed by atoms with van der Waals surface area (Å²) in [5, 5.41) is 0.396. The van der Waals surface area contributed by atoms with Crippen LogP contribution in [-0.2, 0) is 0 Å². The van der Waals surface area contributed by atoms with E-state index < -0.39 is 5.96 Å². The first-order chi connectivity index (χ1) is 7.34. The van der Waals surface area contributed by atoms with Crippen LogP contribution in [0.25, 0.3) is 0 Å². The van der Waals surface area contributed by atoms with E-state index in [4.69, 9.17) is 11.2 Å². The summed E-state index contributed by atoms with van der Waals surface area (Å²) in [5.41, 5.74) is 0. The molecule has 0 heterocycles. The van der Waals surface area contributed by atoms with Crippen LogP contribution in [0.4, 0.5) is 0 Å². The zero-order chi connectivity index (χ0) is 15.4. The molecule has 0 spiro atoms. The van der Waals surface area contributed by atoms with E-state index in [1.807, 2.05) is 0 Å². The number of hydrogen-bond acceptors (Lipinski definition) is 0. The Kier molecular flexibility index (Phi) is 4.27. The minimum absolute atomic E-state index is 0.0991. The van der Waals surface area contributed by atoms with Gasteiger partial charge in [-0.25, -0.2) is 0 Å². The SMILES string of the molecule is CC(C)(C)P(Cl)(C(C)(C)C)(C(C)(C)C)C(C)(C)C. The van der Waals surface area contributed by atoms with Crippen molar-refractivity contribution >= 4 is 17.2 Å². The van der Waals surface area contributed by atoms with Crippen LogP contribution in [0.15, 0.2) is 0 Å². The second-order valence-corrected chi connectivity index (χ2v) is 19.1. The Balaban J connectivity index is 6.90. The van der Waals surface area contributed by atoms with Gasteiger partial charge in [-0.3, -0.25) is 0 Å². The summed E-state index contributed by atoms with van der Waals surface area (Å²) in [5.74, 6) is -2.64. The summed E-state index contributed by atoms with van der Waals surface area (Å²) in [6.07, 6.45) is 0. The van der Waals surface area contributed by atoms with E-state index in [1.165, 1.54) is 0 Å². The van der Waals surface area contributed by atoms with Gasteiger partial charge in [0.2, 0.25) is 0 Å².